The summed E-state index contributed by atoms with van der Waals surface area (Å²) in [5.41, 5.74) is 5.78. The Morgan fingerprint density at radius 3 is 2.88 bits per heavy atom. The van der Waals surface area contributed by atoms with Gasteiger partial charge in [0, 0.05) is 19.8 Å². The van der Waals surface area contributed by atoms with Crippen molar-refractivity contribution in [2.75, 3.05) is 31.7 Å². The van der Waals surface area contributed by atoms with Crippen LogP contribution in [0.15, 0.2) is 29.3 Å². The fourth-order valence-corrected chi connectivity index (χ4v) is 2.12. The van der Waals surface area contributed by atoms with Crippen molar-refractivity contribution in [1.29, 1.82) is 0 Å². The molecule has 9 heteroatoms. The van der Waals surface area contributed by atoms with E-state index < -0.39 is 6.36 Å². The van der Waals surface area contributed by atoms with Gasteiger partial charge in [0.05, 0.1) is 18.4 Å². The number of guanidine groups is 1. The molecule has 1 heterocycles. The molecule has 1 aliphatic heterocycles. The predicted octanol–water partition coefficient (Wildman–Crippen LogP) is 2.51. The van der Waals surface area contributed by atoms with Gasteiger partial charge in [0.2, 0.25) is 0 Å². The van der Waals surface area contributed by atoms with E-state index in [9.17, 15) is 13.2 Å². The van der Waals surface area contributed by atoms with E-state index in [1.807, 2.05) is 0 Å². The predicted molar refractivity (Wildman–Crippen MR) is 83.0 cm³/mol. The number of anilines is 1. The van der Waals surface area contributed by atoms with Crippen molar-refractivity contribution in [2.45, 2.75) is 25.3 Å². The van der Waals surface area contributed by atoms with E-state index in [0.29, 0.717) is 26.2 Å². The molecule has 2 rings (SSSR count). The Kier molecular flexibility index (Phi) is 6.68. The number of hydrogen-bond donors (Lipinski definition) is 2. The average Bonchev–Trinajstić information content (AvgIpc) is 3.01. The van der Waals surface area contributed by atoms with Gasteiger partial charge in [-0.2, -0.15) is 0 Å². The molecule has 0 aliphatic carbocycles. The minimum Gasteiger partial charge on any atom is -0.404 e. The lowest BCUT2D eigenvalue weighted by Gasteiger charge is -2.14. The topological polar surface area (TPSA) is 78.1 Å². The molecule has 1 aliphatic rings. The van der Waals surface area contributed by atoms with Crippen LogP contribution in [0.4, 0.5) is 18.9 Å². The fraction of sp³-hybridized carbons (Fsp3) is 0.533. The van der Waals surface area contributed by atoms with Crippen molar-refractivity contribution in [3.05, 3.63) is 24.3 Å². The van der Waals surface area contributed by atoms with Crippen LogP contribution in [0.5, 0.6) is 5.75 Å². The maximum absolute atomic E-state index is 12.3. The molecule has 6 nitrogen and oxygen atoms in total. The highest BCUT2D eigenvalue weighted by Gasteiger charge is 2.32. The molecule has 0 amide bonds. The third-order valence-electron chi connectivity index (χ3n) is 3.20. The molecule has 1 atom stereocenters. The summed E-state index contributed by atoms with van der Waals surface area (Å²) in [6.07, 6.45) is -3.09. The summed E-state index contributed by atoms with van der Waals surface area (Å²) in [5, 5.41) is 2.61. The second kappa shape index (κ2) is 8.74. The first kappa shape index (κ1) is 18.3. The van der Waals surface area contributed by atoms with Gasteiger partial charge in [0.25, 0.3) is 0 Å². The zero-order valence-corrected chi connectivity index (χ0v) is 13.0. The fourth-order valence-electron chi connectivity index (χ4n) is 2.12. The number of ether oxygens (including phenoxy) is 3. The zero-order valence-electron chi connectivity index (χ0n) is 13.0. The summed E-state index contributed by atoms with van der Waals surface area (Å²) in [5.74, 6) is -0.356. The summed E-state index contributed by atoms with van der Waals surface area (Å²) >= 11 is 0. The number of alkyl halides is 3. The van der Waals surface area contributed by atoms with Crippen LogP contribution < -0.4 is 15.8 Å². The number of rotatable bonds is 7. The third-order valence-corrected chi connectivity index (χ3v) is 3.20. The second-order valence-corrected chi connectivity index (χ2v) is 5.15. The Balaban J connectivity index is 1.77. The SMILES string of the molecule is NC(=NCCCOC1CCOC1)Nc1ccccc1OC(F)(F)F. The quantitative estimate of drug-likeness (QED) is 0.450. The van der Waals surface area contributed by atoms with E-state index in [4.69, 9.17) is 15.2 Å². The van der Waals surface area contributed by atoms with Crippen LogP contribution in [0.2, 0.25) is 0 Å². The molecule has 0 bridgehead atoms. The molecule has 134 valence electrons. The van der Waals surface area contributed by atoms with Gasteiger partial charge in [-0.15, -0.1) is 13.2 Å². The third kappa shape index (κ3) is 6.63. The minimum atomic E-state index is -4.77. The number of halogens is 3. The van der Waals surface area contributed by atoms with Crippen molar-refractivity contribution in [2.24, 2.45) is 10.7 Å². The minimum absolute atomic E-state index is 0.0115. The highest BCUT2D eigenvalue weighted by atomic mass is 19.4. The van der Waals surface area contributed by atoms with Crippen LogP contribution in [0.1, 0.15) is 12.8 Å². The molecule has 1 aromatic rings. The Bertz CT molecular complexity index is 546. The molecule has 1 unspecified atom stereocenters. The molecular formula is C15H20F3N3O3. The molecule has 1 fully saturated rings. The van der Waals surface area contributed by atoms with Gasteiger partial charge in [-0.05, 0) is 25.0 Å². The number of nitrogens with zero attached hydrogens (tertiary/aromatic N) is 1. The number of benzene rings is 1. The van der Waals surface area contributed by atoms with E-state index in [0.717, 1.165) is 13.0 Å². The van der Waals surface area contributed by atoms with Crippen LogP contribution in [0.3, 0.4) is 0 Å². The monoisotopic (exact) mass is 347 g/mol. The summed E-state index contributed by atoms with van der Waals surface area (Å²) in [6, 6.07) is 5.62. The second-order valence-electron chi connectivity index (χ2n) is 5.15. The van der Waals surface area contributed by atoms with E-state index >= 15 is 0 Å². The lowest BCUT2D eigenvalue weighted by Crippen LogP contribution is -2.25. The maximum atomic E-state index is 12.3. The van der Waals surface area contributed by atoms with Gasteiger partial charge in [0.15, 0.2) is 11.7 Å². The molecule has 0 saturated carbocycles. The molecular weight excluding hydrogens is 327 g/mol. The van der Waals surface area contributed by atoms with Crippen LogP contribution in [-0.2, 0) is 9.47 Å². The van der Waals surface area contributed by atoms with Crippen molar-refractivity contribution in [1.82, 2.24) is 0 Å². The summed E-state index contributed by atoms with van der Waals surface area (Å²) in [7, 11) is 0. The Hall–Kier alpha value is -2.00. The largest absolute Gasteiger partial charge is 0.573 e. The maximum Gasteiger partial charge on any atom is 0.573 e. The molecule has 24 heavy (non-hydrogen) atoms. The smallest absolute Gasteiger partial charge is 0.404 e. The highest BCUT2D eigenvalue weighted by Crippen LogP contribution is 2.29. The van der Waals surface area contributed by atoms with Crippen LogP contribution in [0.25, 0.3) is 0 Å². The summed E-state index contributed by atoms with van der Waals surface area (Å²) in [4.78, 5) is 4.06. The van der Waals surface area contributed by atoms with Gasteiger partial charge in [0.1, 0.15) is 0 Å². The van der Waals surface area contributed by atoms with Crippen molar-refractivity contribution in [3.63, 3.8) is 0 Å². The molecule has 0 radical (unpaired) electrons. The van der Waals surface area contributed by atoms with Crippen LogP contribution in [0, 0.1) is 0 Å². The highest BCUT2D eigenvalue weighted by molar-refractivity contribution is 5.93. The van der Waals surface area contributed by atoms with Gasteiger partial charge in [-0.25, -0.2) is 0 Å². The Morgan fingerprint density at radius 1 is 1.38 bits per heavy atom. The van der Waals surface area contributed by atoms with E-state index in [-0.39, 0.29) is 23.5 Å². The average molecular weight is 347 g/mol. The summed E-state index contributed by atoms with van der Waals surface area (Å²) in [6.45, 7) is 2.26. The van der Waals surface area contributed by atoms with E-state index in [2.05, 4.69) is 15.0 Å². The number of hydrogen-bond acceptors (Lipinski definition) is 4. The number of nitrogens with one attached hydrogen (secondary N) is 1. The molecule has 0 aromatic heterocycles. The van der Waals surface area contributed by atoms with Gasteiger partial charge >= 0.3 is 6.36 Å². The molecule has 1 aromatic carbocycles. The summed E-state index contributed by atoms with van der Waals surface area (Å²) < 4.78 is 51.7. The van der Waals surface area contributed by atoms with Gasteiger partial charge < -0.3 is 25.3 Å². The normalized spacial score (nSPS) is 18.6. The molecule has 1 saturated heterocycles. The molecule has 0 spiro atoms. The first-order chi connectivity index (χ1) is 11.4. The standard InChI is InChI=1S/C15H20F3N3O3/c16-15(17,18)24-13-5-2-1-4-12(13)21-14(19)20-7-3-8-23-11-6-9-22-10-11/h1-2,4-5,11H,3,6-10H2,(H3,19,20,21). The van der Waals surface area contributed by atoms with Crippen LogP contribution >= 0.6 is 0 Å². The number of nitrogens with two attached hydrogens (primary N) is 1. The number of aliphatic imine (C=N–C) groups is 1. The Labute approximate surface area is 137 Å². The first-order valence-corrected chi connectivity index (χ1v) is 7.55. The first-order valence-electron chi connectivity index (χ1n) is 7.55. The molecule has 3 N–H and O–H groups in total. The van der Waals surface area contributed by atoms with E-state index in [1.165, 1.54) is 18.2 Å². The van der Waals surface area contributed by atoms with Crippen LogP contribution in [-0.4, -0.2) is 44.8 Å². The number of para-hydroxylation sites is 2. The lowest BCUT2D eigenvalue weighted by molar-refractivity contribution is -0.274. The van der Waals surface area contributed by atoms with Crippen molar-refractivity contribution in [3.8, 4) is 5.75 Å². The zero-order chi connectivity index (χ0) is 17.4. The van der Waals surface area contributed by atoms with Gasteiger partial charge in [-0.3, -0.25) is 4.99 Å². The lowest BCUT2D eigenvalue weighted by atomic mass is 10.3. The van der Waals surface area contributed by atoms with Crippen molar-refractivity contribution >= 4 is 11.6 Å². The van der Waals surface area contributed by atoms with E-state index in [1.54, 1.807) is 6.07 Å². The van der Waals surface area contributed by atoms with Crippen molar-refractivity contribution < 1.29 is 27.4 Å². The Morgan fingerprint density at radius 2 is 2.17 bits per heavy atom. The van der Waals surface area contributed by atoms with Gasteiger partial charge in [-0.1, -0.05) is 12.1 Å².